The Labute approximate surface area is 133 Å². The van der Waals surface area contributed by atoms with Crippen LogP contribution < -0.4 is 9.47 Å². The average molecular weight is 310 g/mol. The molecule has 23 heavy (non-hydrogen) atoms. The van der Waals surface area contributed by atoms with E-state index in [1.54, 1.807) is 24.3 Å². The second-order valence-electron chi connectivity index (χ2n) is 4.59. The van der Waals surface area contributed by atoms with Gasteiger partial charge < -0.3 is 9.47 Å². The third kappa shape index (κ3) is 3.54. The Balaban J connectivity index is 2.28. The van der Waals surface area contributed by atoms with Crippen molar-refractivity contribution in [2.24, 2.45) is 0 Å². The molecular formula is C18H14O5. The number of benzene rings is 2. The fourth-order valence-electron chi connectivity index (χ4n) is 1.97. The van der Waals surface area contributed by atoms with E-state index in [9.17, 15) is 14.4 Å². The van der Waals surface area contributed by atoms with E-state index >= 15 is 0 Å². The van der Waals surface area contributed by atoms with E-state index in [0.29, 0.717) is 11.5 Å². The third-order valence-corrected chi connectivity index (χ3v) is 3.26. The van der Waals surface area contributed by atoms with Crippen LogP contribution in [0.15, 0.2) is 54.1 Å². The first-order valence-electron chi connectivity index (χ1n) is 6.73. The molecule has 0 saturated heterocycles. The highest BCUT2D eigenvalue weighted by Crippen LogP contribution is 2.18. The molecule has 2 aromatic carbocycles. The smallest absolute Gasteiger partial charge is 0.208 e. The summed E-state index contributed by atoms with van der Waals surface area (Å²) in [7, 11) is 3.00. The maximum atomic E-state index is 12.3. The van der Waals surface area contributed by atoms with Crippen LogP contribution in [0.25, 0.3) is 0 Å². The van der Waals surface area contributed by atoms with Gasteiger partial charge in [0.2, 0.25) is 11.6 Å². The Kier molecular flexibility index (Phi) is 5.07. The molecule has 0 amide bonds. The largest absolute Gasteiger partial charge is 0.497 e. The van der Waals surface area contributed by atoms with Gasteiger partial charge in [0.25, 0.3) is 0 Å². The Morgan fingerprint density at radius 2 is 1.09 bits per heavy atom. The number of carbonyl (C=O) groups excluding carboxylic acids is 3. The van der Waals surface area contributed by atoms with Crippen molar-refractivity contribution in [1.29, 1.82) is 0 Å². The minimum absolute atomic E-state index is 0.214. The highest BCUT2D eigenvalue weighted by atomic mass is 16.5. The molecule has 0 aliphatic heterocycles. The minimum Gasteiger partial charge on any atom is -0.497 e. The van der Waals surface area contributed by atoms with Gasteiger partial charge in [0.05, 0.1) is 14.2 Å². The number of Topliss-reactive ketones (excluding diaryl/α,β-unsaturated/α-hetero) is 2. The summed E-state index contributed by atoms with van der Waals surface area (Å²) in [6.45, 7) is 0. The van der Waals surface area contributed by atoms with E-state index in [4.69, 9.17) is 9.47 Å². The molecule has 5 heteroatoms. The topological polar surface area (TPSA) is 69.7 Å². The summed E-state index contributed by atoms with van der Waals surface area (Å²) in [4.78, 5) is 35.8. The van der Waals surface area contributed by atoms with Crippen molar-refractivity contribution in [1.82, 2.24) is 0 Å². The van der Waals surface area contributed by atoms with Gasteiger partial charge in [0.1, 0.15) is 17.4 Å². The van der Waals surface area contributed by atoms with Gasteiger partial charge in [-0.3, -0.25) is 9.59 Å². The summed E-state index contributed by atoms with van der Waals surface area (Å²) >= 11 is 0. The van der Waals surface area contributed by atoms with Gasteiger partial charge in [-0.05, 0) is 48.5 Å². The first kappa shape index (κ1) is 16.2. The number of ether oxygens (including phenoxy) is 2. The van der Waals surface area contributed by atoms with Crippen molar-refractivity contribution in [3.05, 3.63) is 65.2 Å². The van der Waals surface area contributed by atoms with E-state index in [-0.39, 0.29) is 11.1 Å². The molecule has 0 aliphatic rings. The SMILES string of the molecule is COc1ccc(C(=O)C(=C=O)C(=O)c2ccc(OC)cc2)cc1. The predicted octanol–water partition coefficient (Wildman–Crippen LogP) is 2.53. The molecule has 2 rings (SSSR count). The van der Waals surface area contributed by atoms with Crippen LogP contribution in [0.3, 0.4) is 0 Å². The second-order valence-corrected chi connectivity index (χ2v) is 4.59. The van der Waals surface area contributed by atoms with Crippen molar-refractivity contribution in [2.45, 2.75) is 0 Å². The minimum atomic E-state index is -0.677. The van der Waals surface area contributed by atoms with Crippen LogP contribution in [0.1, 0.15) is 20.7 Å². The van der Waals surface area contributed by atoms with Crippen LogP contribution in [0.4, 0.5) is 0 Å². The number of carbonyl (C=O) groups is 2. The quantitative estimate of drug-likeness (QED) is 0.270. The molecule has 0 aromatic heterocycles. The third-order valence-electron chi connectivity index (χ3n) is 3.26. The molecule has 0 heterocycles. The Morgan fingerprint density at radius 3 is 1.35 bits per heavy atom. The second kappa shape index (κ2) is 7.20. The van der Waals surface area contributed by atoms with Crippen LogP contribution in [0.5, 0.6) is 11.5 Å². The lowest BCUT2D eigenvalue weighted by Gasteiger charge is -2.05. The molecule has 0 spiro atoms. The Bertz CT molecular complexity index is 705. The molecular weight excluding hydrogens is 296 g/mol. The summed E-state index contributed by atoms with van der Waals surface area (Å²) in [5.41, 5.74) is -0.114. The maximum absolute atomic E-state index is 12.3. The van der Waals surface area contributed by atoms with E-state index in [2.05, 4.69) is 0 Å². The van der Waals surface area contributed by atoms with E-state index in [0.717, 1.165) is 0 Å². The molecule has 2 aromatic rings. The predicted molar refractivity (Wildman–Crippen MR) is 83.9 cm³/mol. The monoisotopic (exact) mass is 310 g/mol. The zero-order valence-corrected chi connectivity index (χ0v) is 12.7. The Hall–Kier alpha value is -3.17. The highest BCUT2D eigenvalue weighted by molar-refractivity contribution is 6.35. The summed E-state index contributed by atoms with van der Waals surface area (Å²) in [5, 5.41) is 0. The van der Waals surface area contributed by atoms with Crippen molar-refractivity contribution in [3.8, 4) is 11.5 Å². The van der Waals surface area contributed by atoms with Gasteiger partial charge in [0.15, 0.2) is 5.57 Å². The van der Waals surface area contributed by atoms with Crippen molar-refractivity contribution in [2.75, 3.05) is 14.2 Å². The maximum Gasteiger partial charge on any atom is 0.208 e. The van der Waals surface area contributed by atoms with Crippen LogP contribution in [-0.2, 0) is 4.79 Å². The highest BCUT2D eigenvalue weighted by Gasteiger charge is 2.22. The van der Waals surface area contributed by atoms with E-state index < -0.39 is 17.1 Å². The lowest BCUT2D eigenvalue weighted by Crippen LogP contribution is -2.14. The molecule has 0 unspecified atom stereocenters. The fourth-order valence-corrected chi connectivity index (χ4v) is 1.97. The molecule has 0 saturated carbocycles. The number of ketones is 2. The van der Waals surface area contributed by atoms with Crippen LogP contribution in [0, 0.1) is 0 Å². The van der Waals surface area contributed by atoms with Crippen LogP contribution in [-0.4, -0.2) is 31.7 Å². The summed E-state index contributed by atoms with van der Waals surface area (Å²) in [5.74, 6) is 1.24. The zero-order valence-electron chi connectivity index (χ0n) is 12.7. The summed E-state index contributed by atoms with van der Waals surface area (Å²) < 4.78 is 10.0. The van der Waals surface area contributed by atoms with Gasteiger partial charge in [-0.1, -0.05) is 0 Å². The fraction of sp³-hybridized carbons (Fsp3) is 0.111. The molecule has 0 fully saturated rings. The standard InChI is InChI=1S/C18H14O5/c1-22-14-7-3-12(4-8-14)17(20)16(11-19)18(21)13-5-9-15(23-2)10-6-13/h3-10H,1-2H3. The number of allylic oxidation sites excluding steroid dienone is 1. The first-order chi connectivity index (χ1) is 11.1. The lowest BCUT2D eigenvalue weighted by molar-refractivity contribution is 0.0965. The van der Waals surface area contributed by atoms with Gasteiger partial charge in [-0.15, -0.1) is 0 Å². The van der Waals surface area contributed by atoms with Crippen LogP contribution in [0.2, 0.25) is 0 Å². The number of rotatable bonds is 6. The molecule has 116 valence electrons. The van der Waals surface area contributed by atoms with E-state index in [1.165, 1.54) is 44.4 Å². The van der Waals surface area contributed by atoms with Crippen molar-refractivity contribution >= 4 is 17.5 Å². The molecule has 0 radical (unpaired) electrons. The lowest BCUT2D eigenvalue weighted by atomic mass is 9.97. The Morgan fingerprint density at radius 1 is 0.739 bits per heavy atom. The van der Waals surface area contributed by atoms with Crippen LogP contribution >= 0.6 is 0 Å². The number of methoxy groups -OCH3 is 2. The first-order valence-corrected chi connectivity index (χ1v) is 6.73. The molecule has 0 bridgehead atoms. The van der Waals surface area contributed by atoms with E-state index in [1.807, 2.05) is 0 Å². The van der Waals surface area contributed by atoms with Crippen molar-refractivity contribution in [3.63, 3.8) is 0 Å². The average Bonchev–Trinajstić information content (AvgIpc) is 2.62. The van der Waals surface area contributed by atoms with Gasteiger partial charge >= 0.3 is 0 Å². The van der Waals surface area contributed by atoms with Gasteiger partial charge in [-0.25, -0.2) is 4.79 Å². The van der Waals surface area contributed by atoms with Crippen molar-refractivity contribution < 1.29 is 23.9 Å². The normalized spacial score (nSPS) is 9.65. The molecule has 0 N–H and O–H groups in total. The summed E-state index contributed by atoms with van der Waals surface area (Å²) in [6, 6.07) is 12.3. The van der Waals surface area contributed by atoms with Gasteiger partial charge in [0, 0.05) is 11.1 Å². The molecule has 5 nitrogen and oxygen atoms in total. The summed E-state index contributed by atoms with van der Waals surface area (Å²) in [6.07, 6.45) is 0. The number of hydrogen-bond acceptors (Lipinski definition) is 5. The number of hydrogen-bond donors (Lipinski definition) is 0. The zero-order chi connectivity index (χ0) is 16.8. The molecule has 0 atom stereocenters. The molecule has 0 aliphatic carbocycles. The van der Waals surface area contributed by atoms with Gasteiger partial charge in [-0.2, -0.15) is 0 Å².